The van der Waals surface area contributed by atoms with E-state index in [0.717, 1.165) is 11.3 Å². The molecule has 0 aliphatic carbocycles. The largest absolute Gasteiger partial charge is 0.289 e. The van der Waals surface area contributed by atoms with Gasteiger partial charge in [0.25, 0.3) is 0 Å². The van der Waals surface area contributed by atoms with Crippen molar-refractivity contribution in [2.24, 2.45) is 5.92 Å². The van der Waals surface area contributed by atoms with Crippen LogP contribution in [0.2, 0.25) is 0 Å². The molecule has 0 radical (unpaired) electrons. The Morgan fingerprint density at radius 2 is 2.00 bits per heavy atom. The second kappa shape index (κ2) is 3.81. The van der Waals surface area contributed by atoms with Gasteiger partial charge in [-0.25, -0.2) is 0 Å². The molecule has 1 fully saturated rings. The van der Waals surface area contributed by atoms with Crippen LogP contribution in [-0.4, -0.2) is 28.6 Å². The molecule has 2 unspecified atom stereocenters. The van der Waals surface area contributed by atoms with Gasteiger partial charge in [-0.1, -0.05) is 6.92 Å². The van der Waals surface area contributed by atoms with Gasteiger partial charge in [-0.05, 0) is 32.4 Å². The van der Waals surface area contributed by atoms with E-state index >= 15 is 0 Å². The molecule has 1 aliphatic rings. The fourth-order valence-corrected chi connectivity index (χ4v) is 2.82. The Labute approximate surface area is 74.5 Å². The first kappa shape index (κ1) is 9.40. The van der Waals surface area contributed by atoms with Crippen molar-refractivity contribution in [3.05, 3.63) is 0 Å². The third-order valence-corrected chi connectivity index (χ3v) is 3.79. The highest BCUT2D eigenvalue weighted by atomic mass is 32.2. The van der Waals surface area contributed by atoms with Crippen molar-refractivity contribution < 1.29 is 0 Å². The number of thioether (sulfide) groups is 1. The summed E-state index contributed by atoms with van der Waals surface area (Å²) in [6.45, 7) is 10.5. The number of rotatable bonds is 1. The number of hydrogen-bond acceptors (Lipinski definition) is 2. The van der Waals surface area contributed by atoms with Crippen molar-refractivity contribution in [1.29, 1.82) is 0 Å². The van der Waals surface area contributed by atoms with Crippen LogP contribution in [0, 0.1) is 5.92 Å². The minimum Gasteiger partial charge on any atom is -0.289 e. The Balaban J connectivity index is 2.47. The first-order chi connectivity index (χ1) is 5.11. The van der Waals surface area contributed by atoms with Crippen LogP contribution in [0.3, 0.4) is 0 Å². The number of hydrogen-bond donors (Lipinski definition) is 0. The van der Waals surface area contributed by atoms with E-state index in [1.165, 1.54) is 12.3 Å². The van der Waals surface area contributed by atoms with E-state index in [1.807, 2.05) is 0 Å². The Morgan fingerprint density at radius 3 is 2.45 bits per heavy atom. The van der Waals surface area contributed by atoms with Gasteiger partial charge in [0.05, 0.1) is 5.37 Å². The molecule has 1 heterocycles. The van der Waals surface area contributed by atoms with Crippen LogP contribution in [0.4, 0.5) is 0 Å². The minimum absolute atomic E-state index is 0.709. The van der Waals surface area contributed by atoms with Crippen LogP contribution in [0.25, 0.3) is 0 Å². The van der Waals surface area contributed by atoms with E-state index in [2.05, 4.69) is 44.4 Å². The van der Waals surface area contributed by atoms with Crippen LogP contribution in [0.5, 0.6) is 0 Å². The zero-order chi connectivity index (χ0) is 8.43. The zero-order valence-corrected chi connectivity index (χ0v) is 8.82. The lowest BCUT2D eigenvalue weighted by atomic mass is 10.1. The quantitative estimate of drug-likeness (QED) is 0.599. The van der Waals surface area contributed by atoms with E-state index in [9.17, 15) is 0 Å². The molecule has 2 atom stereocenters. The maximum atomic E-state index is 2.58. The molecule has 1 rings (SSSR count). The second-order valence-corrected chi connectivity index (χ2v) is 5.18. The van der Waals surface area contributed by atoms with E-state index in [-0.39, 0.29) is 0 Å². The number of nitrogens with zero attached hydrogens (tertiary/aromatic N) is 1. The predicted octanol–water partition coefficient (Wildman–Crippen LogP) is 2.43. The third kappa shape index (κ3) is 2.38. The van der Waals surface area contributed by atoms with Crippen LogP contribution >= 0.6 is 11.8 Å². The molecule has 66 valence electrons. The molecule has 0 saturated carbocycles. The SMILES string of the molecule is CC1CSC(C)N(C(C)C)C1. The molecule has 11 heavy (non-hydrogen) atoms. The molecule has 2 heteroatoms. The van der Waals surface area contributed by atoms with Crippen molar-refractivity contribution in [2.75, 3.05) is 12.3 Å². The summed E-state index contributed by atoms with van der Waals surface area (Å²) in [6, 6.07) is 0.709. The first-order valence-electron chi connectivity index (χ1n) is 4.48. The zero-order valence-electron chi connectivity index (χ0n) is 8.00. The average molecular weight is 173 g/mol. The van der Waals surface area contributed by atoms with Gasteiger partial charge >= 0.3 is 0 Å². The standard InChI is InChI=1S/C9H19NS/c1-7(2)10-5-8(3)6-11-9(10)4/h7-9H,5-6H2,1-4H3. The van der Waals surface area contributed by atoms with Gasteiger partial charge in [0.2, 0.25) is 0 Å². The fourth-order valence-electron chi connectivity index (χ4n) is 1.59. The minimum atomic E-state index is 0.709. The predicted molar refractivity (Wildman–Crippen MR) is 52.9 cm³/mol. The molecule has 1 aliphatic heterocycles. The Hall–Kier alpha value is 0.310. The van der Waals surface area contributed by atoms with Gasteiger partial charge in [0, 0.05) is 12.6 Å². The van der Waals surface area contributed by atoms with Gasteiger partial charge in [0.1, 0.15) is 0 Å². The van der Waals surface area contributed by atoms with Crippen LogP contribution in [0.15, 0.2) is 0 Å². The summed E-state index contributed by atoms with van der Waals surface area (Å²) in [5.41, 5.74) is 0. The third-order valence-electron chi connectivity index (χ3n) is 2.27. The molecule has 0 aromatic carbocycles. The van der Waals surface area contributed by atoms with E-state index in [4.69, 9.17) is 0 Å². The highest BCUT2D eigenvalue weighted by molar-refractivity contribution is 7.99. The van der Waals surface area contributed by atoms with E-state index in [0.29, 0.717) is 6.04 Å². The summed E-state index contributed by atoms with van der Waals surface area (Å²) in [7, 11) is 0. The second-order valence-electron chi connectivity index (χ2n) is 3.83. The highest BCUT2D eigenvalue weighted by Crippen LogP contribution is 2.27. The van der Waals surface area contributed by atoms with E-state index in [1.54, 1.807) is 0 Å². The average Bonchev–Trinajstić information content (AvgIpc) is 1.94. The van der Waals surface area contributed by atoms with Crippen molar-refractivity contribution in [1.82, 2.24) is 4.90 Å². The Kier molecular flexibility index (Phi) is 3.26. The Bertz CT molecular complexity index is 125. The fraction of sp³-hybridized carbons (Fsp3) is 1.00. The molecule has 0 N–H and O–H groups in total. The molecule has 0 amide bonds. The van der Waals surface area contributed by atoms with Crippen LogP contribution in [-0.2, 0) is 0 Å². The lowest BCUT2D eigenvalue weighted by Crippen LogP contribution is -2.44. The molecular weight excluding hydrogens is 154 g/mol. The van der Waals surface area contributed by atoms with Gasteiger partial charge in [-0.15, -0.1) is 11.8 Å². The highest BCUT2D eigenvalue weighted by Gasteiger charge is 2.24. The van der Waals surface area contributed by atoms with Gasteiger partial charge < -0.3 is 0 Å². The summed E-state index contributed by atoms with van der Waals surface area (Å²) in [4.78, 5) is 2.58. The monoisotopic (exact) mass is 173 g/mol. The van der Waals surface area contributed by atoms with Crippen molar-refractivity contribution in [2.45, 2.75) is 39.1 Å². The normalized spacial score (nSPS) is 34.6. The summed E-state index contributed by atoms with van der Waals surface area (Å²) in [5.74, 6) is 2.21. The molecule has 0 bridgehead atoms. The van der Waals surface area contributed by atoms with Crippen molar-refractivity contribution in [3.63, 3.8) is 0 Å². The van der Waals surface area contributed by atoms with Gasteiger partial charge in [-0.3, -0.25) is 4.90 Å². The maximum Gasteiger partial charge on any atom is 0.0531 e. The van der Waals surface area contributed by atoms with Crippen LogP contribution in [0.1, 0.15) is 27.7 Å². The first-order valence-corrected chi connectivity index (χ1v) is 5.53. The molecule has 0 aromatic rings. The van der Waals surface area contributed by atoms with Gasteiger partial charge in [0.15, 0.2) is 0 Å². The molecule has 1 saturated heterocycles. The molecule has 0 aromatic heterocycles. The summed E-state index contributed by atoms with van der Waals surface area (Å²) >= 11 is 2.09. The van der Waals surface area contributed by atoms with Gasteiger partial charge in [-0.2, -0.15) is 0 Å². The smallest absolute Gasteiger partial charge is 0.0531 e. The topological polar surface area (TPSA) is 3.24 Å². The molecule has 1 nitrogen and oxygen atoms in total. The van der Waals surface area contributed by atoms with Crippen LogP contribution < -0.4 is 0 Å². The maximum absolute atomic E-state index is 2.58. The summed E-state index contributed by atoms with van der Waals surface area (Å²) < 4.78 is 0. The summed E-state index contributed by atoms with van der Waals surface area (Å²) in [6.07, 6.45) is 0. The van der Waals surface area contributed by atoms with Crippen molar-refractivity contribution >= 4 is 11.8 Å². The molecule has 0 spiro atoms. The molecular formula is C9H19NS. The Morgan fingerprint density at radius 1 is 1.36 bits per heavy atom. The lowest BCUT2D eigenvalue weighted by molar-refractivity contribution is 0.183. The summed E-state index contributed by atoms with van der Waals surface area (Å²) in [5, 5.41) is 0.728. The van der Waals surface area contributed by atoms with Crippen molar-refractivity contribution in [3.8, 4) is 0 Å². The lowest BCUT2D eigenvalue weighted by Gasteiger charge is -2.38. The van der Waals surface area contributed by atoms with E-state index < -0.39 is 0 Å².